The van der Waals surface area contributed by atoms with E-state index in [0.29, 0.717) is 11.7 Å². The van der Waals surface area contributed by atoms with Crippen LogP contribution >= 0.6 is 11.3 Å². The van der Waals surface area contributed by atoms with Crippen molar-refractivity contribution in [3.05, 3.63) is 40.8 Å². The summed E-state index contributed by atoms with van der Waals surface area (Å²) in [5.41, 5.74) is 10.0. The molecule has 0 saturated carbocycles. The maximum absolute atomic E-state index is 6.05. The van der Waals surface area contributed by atoms with Crippen LogP contribution in [0.1, 0.15) is 22.5 Å². The van der Waals surface area contributed by atoms with Crippen LogP contribution in [0.25, 0.3) is 10.6 Å². The minimum Gasteiger partial charge on any atom is -0.491 e. The molecular formula is C18H20N6OS. The molecule has 26 heavy (non-hydrogen) atoms. The molecule has 8 heteroatoms. The third-order valence-corrected chi connectivity index (χ3v) is 5.17. The summed E-state index contributed by atoms with van der Waals surface area (Å²) < 4.78 is 6.05. The van der Waals surface area contributed by atoms with Gasteiger partial charge in [-0.2, -0.15) is 0 Å². The zero-order valence-corrected chi connectivity index (χ0v) is 15.8. The molecule has 0 amide bonds. The summed E-state index contributed by atoms with van der Waals surface area (Å²) in [7, 11) is 0. The highest BCUT2D eigenvalue weighted by Gasteiger charge is 2.21. The van der Waals surface area contributed by atoms with Gasteiger partial charge < -0.3 is 15.4 Å². The van der Waals surface area contributed by atoms with Crippen molar-refractivity contribution >= 4 is 22.3 Å². The van der Waals surface area contributed by atoms with Gasteiger partial charge in [0.15, 0.2) is 0 Å². The average molecular weight is 368 g/mol. The van der Waals surface area contributed by atoms with Gasteiger partial charge in [-0.25, -0.2) is 9.97 Å². The highest BCUT2D eigenvalue weighted by Crippen LogP contribution is 2.35. The number of hydrogen-bond acceptors (Lipinski definition) is 8. The van der Waals surface area contributed by atoms with Crippen LogP contribution in [0.2, 0.25) is 0 Å². The van der Waals surface area contributed by atoms with Crippen molar-refractivity contribution in [2.24, 2.45) is 0 Å². The quantitative estimate of drug-likeness (QED) is 0.744. The van der Waals surface area contributed by atoms with Crippen LogP contribution in [-0.4, -0.2) is 33.3 Å². The number of anilines is 2. The topological polar surface area (TPSA) is 90.0 Å². The van der Waals surface area contributed by atoms with Crippen molar-refractivity contribution < 1.29 is 4.74 Å². The smallest absolute Gasteiger partial charge is 0.203 e. The second kappa shape index (κ2) is 6.53. The number of nitrogen functional groups attached to an aromatic ring is 1. The Morgan fingerprint density at radius 3 is 2.77 bits per heavy atom. The lowest BCUT2D eigenvalue weighted by Gasteiger charge is -2.23. The van der Waals surface area contributed by atoms with Crippen molar-refractivity contribution in [1.82, 2.24) is 20.2 Å². The van der Waals surface area contributed by atoms with Crippen LogP contribution in [0.15, 0.2) is 18.3 Å². The van der Waals surface area contributed by atoms with Gasteiger partial charge in [-0.1, -0.05) is 11.3 Å². The van der Waals surface area contributed by atoms with Gasteiger partial charge in [0.1, 0.15) is 29.0 Å². The SMILES string of the molecule is Cc1ncc(C)c(N2CCOc3c(C)cc(-c4nnc(N)s4)cc3C2)n1. The molecule has 1 aliphatic heterocycles. The first-order chi connectivity index (χ1) is 12.5. The van der Waals surface area contributed by atoms with Gasteiger partial charge in [-0.15, -0.1) is 10.2 Å². The summed E-state index contributed by atoms with van der Waals surface area (Å²) in [4.78, 5) is 11.2. The predicted molar refractivity (Wildman–Crippen MR) is 103 cm³/mol. The van der Waals surface area contributed by atoms with E-state index in [1.807, 2.05) is 20.0 Å². The third-order valence-electron chi connectivity index (χ3n) is 4.37. The standard InChI is InChI=1S/C18H20N6OS/c1-10-6-13(17-22-23-18(19)26-17)7-14-9-24(4-5-25-15(10)14)16-11(2)8-20-12(3)21-16/h6-8H,4-5,9H2,1-3H3,(H2,19,23). The molecule has 0 atom stereocenters. The molecule has 0 fully saturated rings. The molecule has 7 nitrogen and oxygen atoms in total. The molecule has 1 aromatic carbocycles. The van der Waals surface area contributed by atoms with Crippen molar-refractivity contribution in [2.75, 3.05) is 23.8 Å². The number of aromatic nitrogens is 4. The molecular weight excluding hydrogens is 348 g/mol. The Morgan fingerprint density at radius 2 is 2.00 bits per heavy atom. The predicted octanol–water partition coefficient (Wildman–Crippen LogP) is 2.90. The molecule has 3 aromatic rings. The highest BCUT2D eigenvalue weighted by atomic mass is 32.1. The number of aryl methyl sites for hydroxylation is 3. The number of rotatable bonds is 2. The molecule has 0 radical (unpaired) electrons. The molecule has 0 aliphatic carbocycles. The number of nitrogens with zero attached hydrogens (tertiary/aromatic N) is 5. The maximum Gasteiger partial charge on any atom is 0.203 e. The van der Waals surface area contributed by atoms with E-state index in [4.69, 9.17) is 10.5 Å². The van der Waals surface area contributed by atoms with E-state index in [-0.39, 0.29) is 0 Å². The first-order valence-corrected chi connectivity index (χ1v) is 9.24. The second-order valence-corrected chi connectivity index (χ2v) is 7.43. The Morgan fingerprint density at radius 1 is 1.15 bits per heavy atom. The van der Waals surface area contributed by atoms with Gasteiger partial charge in [0, 0.05) is 29.4 Å². The summed E-state index contributed by atoms with van der Waals surface area (Å²) in [6.07, 6.45) is 1.87. The molecule has 0 unspecified atom stereocenters. The van der Waals surface area contributed by atoms with Crippen LogP contribution < -0.4 is 15.4 Å². The van der Waals surface area contributed by atoms with E-state index in [2.05, 4.69) is 44.1 Å². The Labute approximate surface area is 155 Å². The van der Waals surface area contributed by atoms with Gasteiger partial charge in [0.25, 0.3) is 0 Å². The molecule has 2 N–H and O–H groups in total. The Balaban J connectivity index is 1.75. The average Bonchev–Trinajstić information content (AvgIpc) is 2.92. The van der Waals surface area contributed by atoms with E-state index in [0.717, 1.165) is 57.7 Å². The van der Waals surface area contributed by atoms with Crippen LogP contribution in [0.5, 0.6) is 5.75 Å². The number of benzene rings is 1. The first-order valence-electron chi connectivity index (χ1n) is 8.42. The lowest BCUT2D eigenvalue weighted by Crippen LogP contribution is -2.27. The molecule has 0 bridgehead atoms. The van der Waals surface area contributed by atoms with E-state index in [1.165, 1.54) is 11.3 Å². The highest BCUT2D eigenvalue weighted by molar-refractivity contribution is 7.18. The summed E-state index contributed by atoms with van der Waals surface area (Å²) in [6, 6.07) is 4.19. The van der Waals surface area contributed by atoms with Crippen molar-refractivity contribution in [3.63, 3.8) is 0 Å². The summed E-state index contributed by atoms with van der Waals surface area (Å²) in [6.45, 7) is 8.10. The number of fused-ring (bicyclic) bond motifs is 1. The minimum atomic E-state index is 0.470. The first kappa shape index (κ1) is 16.7. The molecule has 3 heterocycles. The fourth-order valence-electron chi connectivity index (χ4n) is 3.21. The number of ether oxygens (including phenoxy) is 1. The lowest BCUT2D eigenvalue weighted by molar-refractivity contribution is 0.329. The molecule has 4 rings (SSSR count). The summed E-state index contributed by atoms with van der Waals surface area (Å²) in [5, 5.41) is 9.38. The monoisotopic (exact) mass is 368 g/mol. The molecule has 134 valence electrons. The Hall–Kier alpha value is -2.74. The molecule has 0 spiro atoms. The van der Waals surface area contributed by atoms with Crippen LogP contribution in [-0.2, 0) is 6.54 Å². The van der Waals surface area contributed by atoms with Gasteiger partial charge in [0.2, 0.25) is 5.13 Å². The zero-order chi connectivity index (χ0) is 18.3. The number of hydrogen-bond donors (Lipinski definition) is 1. The molecule has 0 saturated heterocycles. The fraction of sp³-hybridized carbons (Fsp3) is 0.333. The lowest BCUT2D eigenvalue weighted by atomic mass is 10.0. The van der Waals surface area contributed by atoms with E-state index in [1.54, 1.807) is 0 Å². The zero-order valence-electron chi connectivity index (χ0n) is 15.0. The normalized spacial score (nSPS) is 13.9. The van der Waals surface area contributed by atoms with Crippen molar-refractivity contribution in [1.29, 1.82) is 0 Å². The maximum atomic E-state index is 6.05. The largest absolute Gasteiger partial charge is 0.491 e. The second-order valence-electron chi connectivity index (χ2n) is 6.42. The van der Waals surface area contributed by atoms with E-state index < -0.39 is 0 Å². The Kier molecular flexibility index (Phi) is 4.20. The van der Waals surface area contributed by atoms with Crippen molar-refractivity contribution in [3.8, 4) is 16.3 Å². The summed E-state index contributed by atoms with van der Waals surface area (Å²) in [5.74, 6) is 2.67. The third kappa shape index (κ3) is 3.08. The van der Waals surface area contributed by atoms with E-state index >= 15 is 0 Å². The number of nitrogens with two attached hydrogens (primary N) is 1. The molecule has 1 aliphatic rings. The van der Waals surface area contributed by atoms with Crippen LogP contribution in [0.3, 0.4) is 0 Å². The Bertz CT molecular complexity index is 970. The van der Waals surface area contributed by atoms with Crippen LogP contribution in [0.4, 0.5) is 10.9 Å². The van der Waals surface area contributed by atoms with Gasteiger partial charge in [0.05, 0.1) is 6.54 Å². The van der Waals surface area contributed by atoms with E-state index in [9.17, 15) is 0 Å². The van der Waals surface area contributed by atoms with Gasteiger partial charge in [-0.05, 0) is 38.5 Å². The van der Waals surface area contributed by atoms with Gasteiger partial charge >= 0.3 is 0 Å². The fourth-order valence-corrected chi connectivity index (χ4v) is 3.80. The molecule has 2 aromatic heterocycles. The van der Waals surface area contributed by atoms with Gasteiger partial charge in [-0.3, -0.25) is 0 Å². The van der Waals surface area contributed by atoms with Crippen molar-refractivity contribution in [2.45, 2.75) is 27.3 Å². The van der Waals surface area contributed by atoms with Crippen LogP contribution in [0, 0.1) is 20.8 Å². The summed E-state index contributed by atoms with van der Waals surface area (Å²) >= 11 is 1.39. The minimum absolute atomic E-state index is 0.470.